The van der Waals surface area contributed by atoms with E-state index >= 15 is 0 Å². The molecule has 46 heavy (non-hydrogen) atoms. The van der Waals surface area contributed by atoms with Crippen LogP contribution in [0.25, 0.3) is 11.1 Å². The van der Waals surface area contributed by atoms with Crippen molar-refractivity contribution in [2.75, 3.05) is 0 Å². The van der Waals surface area contributed by atoms with Crippen molar-refractivity contribution in [1.82, 2.24) is 0 Å². The van der Waals surface area contributed by atoms with Gasteiger partial charge in [-0.25, -0.2) is 0 Å². The molecule has 4 aromatic carbocycles. The monoisotopic (exact) mass is 666 g/mol. The van der Waals surface area contributed by atoms with E-state index in [0.717, 1.165) is 35.4 Å². The highest BCUT2D eigenvalue weighted by atomic mass is 32.2. The lowest BCUT2D eigenvalue weighted by Crippen LogP contribution is -2.26. The molecule has 0 spiro atoms. The van der Waals surface area contributed by atoms with Crippen LogP contribution >= 0.6 is 0 Å². The first-order valence-electron chi connectivity index (χ1n) is 14.7. The summed E-state index contributed by atoms with van der Waals surface area (Å²) in [5.74, 6) is 0.0996. The maximum Gasteiger partial charge on any atom is 0.298 e. The van der Waals surface area contributed by atoms with Gasteiger partial charge in [0.2, 0.25) is 0 Å². The fourth-order valence-electron chi connectivity index (χ4n) is 4.68. The lowest BCUT2D eigenvalue weighted by atomic mass is 9.81. The smallest absolute Gasteiger partial charge is 0.298 e. The van der Waals surface area contributed by atoms with Crippen LogP contribution in [0.4, 0.5) is 0 Å². The van der Waals surface area contributed by atoms with Crippen LogP contribution in [0.1, 0.15) is 75.9 Å². The van der Waals surface area contributed by atoms with E-state index in [-0.39, 0.29) is 28.2 Å². The van der Waals surface area contributed by atoms with E-state index in [2.05, 4.69) is 6.92 Å². The first kappa shape index (κ1) is 34.8. The van der Waals surface area contributed by atoms with Crippen molar-refractivity contribution in [3.8, 4) is 28.4 Å². The molecular weight excluding hydrogens is 629 g/mol. The van der Waals surface area contributed by atoms with Crippen LogP contribution in [0.2, 0.25) is 0 Å². The zero-order valence-electron chi connectivity index (χ0n) is 26.6. The second kappa shape index (κ2) is 13.0. The molecule has 244 valence electrons. The summed E-state index contributed by atoms with van der Waals surface area (Å²) in [5, 5.41) is 0. The highest BCUT2D eigenvalue weighted by Gasteiger charge is 2.29. The van der Waals surface area contributed by atoms with Gasteiger partial charge in [-0.15, -0.1) is 0 Å². The Hall–Kier alpha value is -4.03. The molecule has 4 aromatic rings. The van der Waals surface area contributed by atoms with Crippen LogP contribution in [0, 0.1) is 0 Å². The highest BCUT2D eigenvalue weighted by Crippen LogP contribution is 2.35. The van der Waals surface area contributed by atoms with Gasteiger partial charge in [0.25, 0.3) is 20.2 Å². The van der Waals surface area contributed by atoms with E-state index in [4.69, 9.17) is 9.47 Å². The Balaban J connectivity index is 1.61. The molecule has 4 rings (SSSR count). The third-order valence-corrected chi connectivity index (χ3v) is 9.90. The molecule has 0 bridgehead atoms. The van der Waals surface area contributed by atoms with Gasteiger partial charge in [-0.1, -0.05) is 64.1 Å². The van der Waals surface area contributed by atoms with Gasteiger partial charge in [0.05, 0.1) is 4.90 Å². The fraction of sp³-hybridized carbons (Fsp3) is 0.286. The molecule has 0 radical (unpaired) electrons. The zero-order valence-corrected chi connectivity index (χ0v) is 28.2. The number of carbonyl (C=O) groups excluding carboxylic acids is 1. The van der Waals surface area contributed by atoms with Gasteiger partial charge in [-0.2, -0.15) is 16.8 Å². The normalized spacial score (nSPS) is 12.5. The molecule has 0 atom stereocenters. The largest absolute Gasteiger partial charge is 0.488 e. The molecule has 2 N–H and O–H groups in total. The van der Waals surface area contributed by atoms with Crippen LogP contribution in [0.3, 0.4) is 0 Å². The van der Waals surface area contributed by atoms with Crippen molar-refractivity contribution >= 4 is 26.0 Å². The van der Waals surface area contributed by atoms with Gasteiger partial charge in [0.1, 0.15) is 27.7 Å². The molecule has 0 amide bonds. The Morgan fingerprint density at radius 2 is 1.13 bits per heavy atom. The summed E-state index contributed by atoms with van der Waals surface area (Å²) in [4.78, 5) is 12.3. The highest BCUT2D eigenvalue weighted by molar-refractivity contribution is 7.86. The van der Waals surface area contributed by atoms with Gasteiger partial charge >= 0.3 is 0 Å². The number of hydrogen-bond acceptors (Lipinski definition) is 7. The van der Waals surface area contributed by atoms with Crippen molar-refractivity contribution in [2.45, 2.75) is 75.2 Å². The van der Waals surface area contributed by atoms with E-state index in [0.29, 0.717) is 12.0 Å². The predicted molar refractivity (Wildman–Crippen MR) is 176 cm³/mol. The summed E-state index contributed by atoms with van der Waals surface area (Å²) in [5.41, 5.74) is 1.01. The molecule has 0 fully saturated rings. The lowest BCUT2D eigenvalue weighted by Gasteiger charge is -2.25. The Bertz CT molecular complexity index is 1960. The summed E-state index contributed by atoms with van der Waals surface area (Å²) >= 11 is 0. The molecule has 0 aliphatic carbocycles. The van der Waals surface area contributed by atoms with Crippen molar-refractivity contribution < 1.29 is 40.2 Å². The number of ether oxygens (including phenoxy) is 2. The molecule has 0 saturated carbocycles. The van der Waals surface area contributed by atoms with Gasteiger partial charge < -0.3 is 9.47 Å². The summed E-state index contributed by atoms with van der Waals surface area (Å²) in [6.45, 7) is 11.6. The summed E-state index contributed by atoms with van der Waals surface area (Å²) in [6, 6.07) is 22.0. The molecule has 0 aromatic heterocycles. The number of hydrogen-bond donors (Lipinski definition) is 2. The molecule has 9 nitrogen and oxygen atoms in total. The quantitative estimate of drug-likeness (QED) is 0.113. The molecular formula is C35H38O9S2. The average molecular weight is 667 g/mol. The average Bonchev–Trinajstić information content (AvgIpc) is 3.00. The van der Waals surface area contributed by atoms with Crippen molar-refractivity contribution in [2.24, 2.45) is 0 Å². The summed E-state index contributed by atoms with van der Waals surface area (Å²) in [7, 11) is -9.53. The molecule has 0 unspecified atom stereocenters. The first-order valence-corrected chi connectivity index (χ1v) is 17.6. The van der Waals surface area contributed by atoms with Crippen molar-refractivity contribution in [3.63, 3.8) is 0 Å². The number of ketones is 1. The Kier molecular flexibility index (Phi) is 9.84. The van der Waals surface area contributed by atoms with E-state index < -0.39 is 41.2 Å². The van der Waals surface area contributed by atoms with E-state index in [1.807, 2.05) is 58.9 Å². The molecule has 11 heteroatoms. The summed E-state index contributed by atoms with van der Waals surface area (Å²) < 4.78 is 80.8. The third kappa shape index (κ3) is 8.03. The van der Waals surface area contributed by atoms with Crippen LogP contribution in [0.15, 0.2) is 94.7 Å². The third-order valence-electron chi connectivity index (χ3n) is 8.13. The molecule has 0 saturated heterocycles. The van der Waals surface area contributed by atoms with E-state index in [9.17, 15) is 30.7 Å². The van der Waals surface area contributed by atoms with Crippen molar-refractivity contribution in [1.29, 1.82) is 0 Å². The lowest BCUT2D eigenvalue weighted by molar-refractivity contribution is 0.103. The minimum absolute atomic E-state index is 0.0949. The SMILES string of the molecule is CCC(C)(C)Oc1ccc(-c2ccc(Oc3ccc(C(=O)c4ccc(C(C)(C)CC)c(S(=O)(=O)O)c4)cc3S(=O)(=O)O)cc2)cc1. The number of carbonyl (C=O) groups is 1. The Morgan fingerprint density at radius 3 is 1.61 bits per heavy atom. The second-order valence-electron chi connectivity index (χ2n) is 12.3. The Labute approximate surface area is 270 Å². The van der Waals surface area contributed by atoms with Crippen LogP contribution in [-0.4, -0.2) is 37.3 Å². The number of benzene rings is 4. The molecule has 0 heterocycles. The van der Waals surface area contributed by atoms with E-state index in [1.54, 1.807) is 24.3 Å². The first-order chi connectivity index (χ1) is 21.3. The van der Waals surface area contributed by atoms with Crippen molar-refractivity contribution in [3.05, 3.63) is 102 Å². The molecule has 0 aliphatic rings. The molecule has 0 aliphatic heterocycles. The maximum absolute atomic E-state index is 13.4. The van der Waals surface area contributed by atoms with Crippen LogP contribution in [0.5, 0.6) is 17.2 Å². The minimum Gasteiger partial charge on any atom is -0.488 e. The van der Waals surface area contributed by atoms with E-state index in [1.165, 1.54) is 24.3 Å². The van der Waals surface area contributed by atoms with Gasteiger partial charge in [0, 0.05) is 11.1 Å². The maximum atomic E-state index is 13.4. The number of rotatable bonds is 12. The Morgan fingerprint density at radius 1 is 0.652 bits per heavy atom. The van der Waals surface area contributed by atoms with Crippen LogP contribution < -0.4 is 9.47 Å². The predicted octanol–water partition coefficient (Wildman–Crippen LogP) is 8.13. The fourth-order valence-corrected chi connectivity index (χ4v) is 6.22. The zero-order chi connectivity index (χ0) is 34.1. The van der Waals surface area contributed by atoms with Gasteiger partial charge in [-0.05, 0) is 97.3 Å². The standard InChI is InChI=1S/C35H38O9S2/c1-7-34(3,4)29-19-13-25(21-31(29)45(37,38)39)33(36)26-14-20-30(32(22-26)46(40,41)42)43-27-15-9-23(10-16-27)24-11-17-28(18-12-24)44-35(5,6)8-2/h9-22H,7-8H2,1-6H3,(H,37,38,39)(H,40,41,42). The topological polar surface area (TPSA) is 144 Å². The minimum atomic E-state index is -4.85. The summed E-state index contributed by atoms with van der Waals surface area (Å²) in [6.07, 6.45) is 1.42. The van der Waals surface area contributed by atoms with Gasteiger partial charge in [0.15, 0.2) is 5.78 Å². The van der Waals surface area contributed by atoms with Crippen LogP contribution in [-0.2, 0) is 25.7 Å². The van der Waals surface area contributed by atoms with Gasteiger partial charge in [-0.3, -0.25) is 13.9 Å². The second-order valence-corrected chi connectivity index (χ2v) is 15.0.